The van der Waals surface area contributed by atoms with Crippen LogP contribution in [-0.2, 0) is 9.53 Å². The van der Waals surface area contributed by atoms with Crippen molar-refractivity contribution in [1.29, 1.82) is 0 Å². The first kappa shape index (κ1) is 16.4. The molecule has 0 amide bonds. The molecular formula is C13H14BNO6S. The highest BCUT2D eigenvalue weighted by atomic mass is 32.1. The van der Waals surface area contributed by atoms with Gasteiger partial charge in [-0.1, -0.05) is 0 Å². The zero-order valence-electron chi connectivity index (χ0n) is 12.0. The van der Waals surface area contributed by atoms with Crippen LogP contribution in [0.15, 0.2) is 12.1 Å². The van der Waals surface area contributed by atoms with E-state index in [1.165, 1.54) is 31.6 Å². The van der Waals surface area contributed by atoms with E-state index < -0.39 is 13.1 Å². The molecule has 0 bridgehead atoms. The van der Waals surface area contributed by atoms with Crippen LogP contribution in [0.4, 0.5) is 0 Å². The molecule has 0 aromatic carbocycles. The molecule has 2 aromatic heterocycles. The summed E-state index contributed by atoms with van der Waals surface area (Å²) in [7, 11) is 0.923. The average molecular weight is 323 g/mol. The van der Waals surface area contributed by atoms with Crippen molar-refractivity contribution in [3.8, 4) is 5.88 Å². The zero-order valence-corrected chi connectivity index (χ0v) is 12.8. The standard InChI is InChI=1S/C13H14BNO6S/c1-20-12(17)4-3-9(16)11-6-8-10(22-11)5-7(14(18)19)13(15-8)21-2/h5-6,18-19H,3-4H2,1-2H3. The second kappa shape index (κ2) is 6.86. The Bertz CT molecular complexity index is 714. The first-order valence-electron chi connectivity index (χ1n) is 6.41. The molecule has 22 heavy (non-hydrogen) atoms. The van der Waals surface area contributed by atoms with E-state index in [0.717, 1.165) is 0 Å². The van der Waals surface area contributed by atoms with Crippen LogP contribution in [0, 0.1) is 0 Å². The first-order chi connectivity index (χ1) is 10.5. The number of thiophene rings is 1. The molecule has 2 heterocycles. The van der Waals surface area contributed by atoms with Gasteiger partial charge < -0.3 is 19.5 Å². The molecule has 0 aliphatic rings. The minimum Gasteiger partial charge on any atom is -0.481 e. The first-order valence-corrected chi connectivity index (χ1v) is 7.22. The summed E-state index contributed by atoms with van der Waals surface area (Å²) in [5, 5.41) is 18.6. The van der Waals surface area contributed by atoms with Crippen molar-refractivity contribution in [2.24, 2.45) is 0 Å². The predicted molar refractivity (Wildman–Crippen MR) is 81.6 cm³/mol. The molecule has 0 aliphatic carbocycles. The lowest BCUT2D eigenvalue weighted by Gasteiger charge is -2.05. The molecule has 0 saturated carbocycles. The minimum atomic E-state index is -1.72. The van der Waals surface area contributed by atoms with Gasteiger partial charge in [0.1, 0.15) is 0 Å². The van der Waals surface area contributed by atoms with Gasteiger partial charge in [-0.25, -0.2) is 4.98 Å². The highest BCUT2D eigenvalue weighted by Gasteiger charge is 2.21. The van der Waals surface area contributed by atoms with Crippen molar-refractivity contribution >= 4 is 45.9 Å². The van der Waals surface area contributed by atoms with E-state index >= 15 is 0 Å². The van der Waals surface area contributed by atoms with E-state index in [2.05, 4.69) is 9.72 Å². The number of pyridine rings is 1. The average Bonchev–Trinajstić information content (AvgIpc) is 2.93. The largest absolute Gasteiger partial charge is 0.494 e. The highest BCUT2D eigenvalue weighted by Crippen LogP contribution is 2.26. The maximum Gasteiger partial charge on any atom is 0.494 e. The summed E-state index contributed by atoms with van der Waals surface area (Å²) >= 11 is 1.17. The van der Waals surface area contributed by atoms with Gasteiger partial charge in [0.15, 0.2) is 5.78 Å². The van der Waals surface area contributed by atoms with Crippen molar-refractivity contribution in [3.05, 3.63) is 17.0 Å². The maximum atomic E-state index is 12.1. The van der Waals surface area contributed by atoms with Gasteiger partial charge in [-0.15, -0.1) is 11.3 Å². The van der Waals surface area contributed by atoms with Gasteiger partial charge in [-0.2, -0.15) is 0 Å². The minimum absolute atomic E-state index is 0.0148. The number of nitrogens with zero attached hydrogens (tertiary/aromatic N) is 1. The monoisotopic (exact) mass is 323 g/mol. The summed E-state index contributed by atoms with van der Waals surface area (Å²) in [6.45, 7) is 0. The Morgan fingerprint density at radius 1 is 1.27 bits per heavy atom. The quantitative estimate of drug-likeness (QED) is 0.442. The van der Waals surface area contributed by atoms with Crippen LogP contribution in [0.3, 0.4) is 0 Å². The number of Topliss-reactive ketones (excluding diaryl/α,β-unsaturated/α-hetero) is 1. The van der Waals surface area contributed by atoms with Crippen molar-refractivity contribution in [1.82, 2.24) is 4.98 Å². The van der Waals surface area contributed by atoms with Gasteiger partial charge >= 0.3 is 13.1 Å². The number of hydrogen-bond acceptors (Lipinski definition) is 8. The highest BCUT2D eigenvalue weighted by molar-refractivity contribution is 7.20. The van der Waals surface area contributed by atoms with Gasteiger partial charge in [0, 0.05) is 11.9 Å². The summed E-state index contributed by atoms with van der Waals surface area (Å²) in [6, 6.07) is 3.11. The van der Waals surface area contributed by atoms with E-state index in [0.29, 0.717) is 15.1 Å². The van der Waals surface area contributed by atoms with Crippen LogP contribution < -0.4 is 10.2 Å². The number of carbonyl (C=O) groups is 2. The Morgan fingerprint density at radius 3 is 2.59 bits per heavy atom. The number of hydrogen-bond donors (Lipinski definition) is 2. The molecule has 0 atom stereocenters. The van der Waals surface area contributed by atoms with Crippen molar-refractivity contribution in [2.75, 3.05) is 14.2 Å². The topological polar surface area (TPSA) is 106 Å². The van der Waals surface area contributed by atoms with Crippen molar-refractivity contribution in [3.63, 3.8) is 0 Å². The fraction of sp³-hybridized carbons (Fsp3) is 0.308. The lowest BCUT2D eigenvalue weighted by Crippen LogP contribution is -2.31. The van der Waals surface area contributed by atoms with Gasteiger partial charge in [-0.3, -0.25) is 9.59 Å². The molecule has 2 N–H and O–H groups in total. The second-order valence-electron chi connectivity index (χ2n) is 4.45. The summed E-state index contributed by atoms with van der Waals surface area (Å²) in [4.78, 5) is 27.7. The van der Waals surface area contributed by atoms with Gasteiger partial charge in [0.25, 0.3) is 0 Å². The lowest BCUT2D eigenvalue weighted by atomic mass is 9.81. The molecule has 2 rings (SSSR count). The number of fused-ring (bicyclic) bond motifs is 1. The van der Waals surface area contributed by atoms with Crippen LogP contribution in [0.2, 0.25) is 0 Å². The van der Waals surface area contributed by atoms with Gasteiger partial charge in [0.05, 0.1) is 35.7 Å². The Kier molecular flexibility index (Phi) is 5.12. The smallest absolute Gasteiger partial charge is 0.481 e. The zero-order chi connectivity index (χ0) is 16.3. The molecular weight excluding hydrogens is 309 g/mol. The summed E-state index contributed by atoms with van der Waals surface area (Å²) in [6.07, 6.45) is 0.0625. The molecule has 0 aliphatic heterocycles. The van der Waals surface area contributed by atoms with E-state index in [1.54, 1.807) is 6.07 Å². The predicted octanol–water partition coefficient (Wildman–Crippen LogP) is 0.121. The molecule has 0 spiro atoms. The van der Waals surface area contributed by atoms with E-state index in [4.69, 9.17) is 4.74 Å². The Balaban J connectivity index is 2.30. The Morgan fingerprint density at radius 2 is 2.00 bits per heavy atom. The lowest BCUT2D eigenvalue weighted by molar-refractivity contribution is -0.140. The number of ether oxygens (including phenoxy) is 2. The van der Waals surface area contributed by atoms with Crippen LogP contribution >= 0.6 is 11.3 Å². The fourth-order valence-corrected chi connectivity index (χ4v) is 2.91. The molecule has 0 fully saturated rings. The van der Waals surface area contributed by atoms with E-state index in [1.807, 2.05) is 0 Å². The maximum absolute atomic E-state index is 12.1. The Labute approximate surface area is 130 Å². The SMILES string of the molecule is COC(=O)CCC(=O)c1cc2nc(OC)c(B(O)O)cc2s1. The molecule has 0 radical (unpaired) electrons. The van der Waals surface area contributed by atoms with E-state index in [9.17, 15) is 19.6 Å². The molecule has 2 aromatic rings. The molecule has 0 saturated heterocycles. The number of methoxy groups -OCH3 is 2. The van der Waals surface area contributed by atoms with Crippen LogP contribution in [-0.4, -0.2) is 48.1 Å². The third-order valence-electron chi connectivity index (χ3n) is 3.03. The van der Waals surface area contributed by atoms with Gasteiger partial charge in [-0.05, 0) is 12.1 Å². The Hall–Kier alpha value is -1.97. The summed E-state index contributed by atoms with van der Waals surface area (Å²) < 4.78 is 10.1. The van der Waals surface area contributed by atoms with Crippen LogP contribution in [0.1, 0.15) is 22.5 Å². The number of carbonyl (C=O) groups excluding carboxylic acids is 2. The summed E-state index contributed by atoms with van der Waals surface area (Å²) in [5.74, 6) is -0.549. The molecule has 116 valence electrons. The normalized spacial score (nSPS) is 10.5. The number of esters is 1. The number of ketones is 1. The third kappa shape index (κ3) is 3.43. The van der Waals surface area contributed by atoms with Crippen LogP contribution in [0.25, 0.3) is 10.2 Å². The summed E-state index contributed by atoms with van der Waals surface area (Å²) in [5.41, 5.74) is 0.651. The third-order valence-corrected chi connectivity index (χ3v) is 4.14. The molecule has 9 heteroatoms. The molecule has 0 unspecified atom stereocenters. The fourth-order valence-electron chi connectivity index (χ4n) is 1.89. The van der Waals surface area contributed by atoms with Crippen molar-refractivity contribution < 1.29 is 29.1 Å². The van der Waals surface area contributed by atoms with Crippen molar-refractivity contribution in [2.45, 2.75) is 12.8 Å². The van der Waals surface area contributed by atoms with Crippen LogP contribution in [0.5, 0.6) is 5.88 Å². The second-order valence-corrected chi connectivity index (χ2v) is 5.54. The number of aromatic nitrogens is 1. The number of rotatable bonds is 6. The molecule has 7 nitrogen and oxygen atoms in total. The van der Waals surface area contributed by atoms with Gasteiger partial charge in [0.2, 0.25) is 5.88 Å². The van der Waals surface area contributed by atoms with E-state index in [-0.39, 0.29) is 30.0 Å².